The smallest absolute Gasteiger partial charge is 0.251 e. The Morgan fingerprint density at radius 2 is 2.10 bits per heavy atom. The van der Waals surface area contributed by atoms with Crippen molar-refractivity contribution in [2.45, 2.75) is 20.3 Å². The normalized spacial score (nSPS) is 16.6. The van der Waals surface area contributed by atoms with Crippen molar-refractivity contribution >= 4 is 5.91 Å². The third kappa shape index (κ3) is 5.20. The van der Waals surface area contributed by atoms with E-state index < -0.39 is 0 Å². The van der Waals surface area contributed by atoms with E-state index in [1.165, 1.54) is 0 Å². The van der Waals surface area contributed by atoms with E-state index >= 15 is 0 Å². The van der Waals surface area contributed by atoms with Gasteiger partial charge in [0.25, 0.3) is 5.91 Å². The number of nitrogens with one attached hydrogen (secondary N) is 1. The average Bonchev–Trinajstić information content (AvgIpc) is 3.18. The molecule has 0 bridgehead atoms. The third-order valence-corrected chi connectivity index (χ3v) is 5.41. The standard InChI is InChI=1S/C23H28N4O2/c1-16-12-17(2)26-22(21(16)13-24)19-4-6-20(7-5-19)23(28)25-14-18-8-9-27(15-18)10-11-29-3/h4-7,12,18H,8-11,14-15H2,1-3H3,(H,25,28). The summed E-state index contributed by atoms with van der Waals surface area (Å²) in [5.74, 6) is 0.411. The number of methoxy groups -OCH3 is 1. The predicted molar refractivity (Wildman–Crippen MR) is 113 cm³/mol. The first-order valence-electron chi connectivity index (χ1n) is 10.00. The molecule has 1 aliphatic heterocycles. The van der Waals surface area contributed by atoms with E-state index in [0.717, 1.165) is 49.5 Å². The molecule has 1 aromatic carbocycles. The van der Waals surface area contributed by atoms with Gasteiger partial charge in [0.05, 0.1) is 17.9 Å². The first-order chi connectivity index (χ1) is 14.0. The second kappa shape index (κ2) is 9.64. The molecule has 152 valence electrons. The van der Waals surface area contributed by atoms with Crippen LogP contribution in [0.15, 0.2) is 30.3 Å². The second-order valence-electron chi connectivity index (χ2n) is 7.65. The number of nitriles is 1. The number of hydrogen-bond acceptors (Lipinski definition) is 5. The summed E-state index contributed by atoms with van der Waals surface area (Å²) in [4.78, 5) is 19.4. The molecular weight excluding hydrogens is 364 g/mol. The van der Waals surface area contributed by atoms with Gasteiger partial charge in [-0.25, -0.2) is 0 Å². The van der Waals surface area contributed by atoms with Crippen molar-refractivity contribution in [1.29, 1.82) is 5.26 Å². The Morgan fingerprint density at radius 3 is 2.79 bits per heavy atom. The Kier molecular flexibility index (Phi) is 6.97. The van der Waals surface area contributed by atoms with Gasteiger partial charge in [0.2, 0.25) is 0 Å². The number of pyridine rings is 1. The minimum atomic E-state index is -0.0687. The largest absolute Gasteiger partial charge is 0.383 e. The Morgan fingerprint density at radius 1 is 1.34 bits per heavy atom. The molecule has 1 aliphatic rings. The monoisotopic (exact) mass is 392 g/mol. The molecular formula is C23H28N4O2. The highest BCUT2D eigenvalue weighted by molar-refractivity contribution is 5.94. The molecule has 2 aromatic rings. The minimum absolute atomic E-state index is 0.0687. The van der Waals surface area contributed by atoms with Crippen LogP contribution in [0.2, 0.25) is 0 Å². The van der Waals surface area contributed by atoms with Gasteiger partial charge in [-0.3, -0.25) is 9.78 Å². The Hall–Kier alpha value is -2.75. The molecule has 3 rings (SSSR count). The lowest BCUT2D eigenvalue weighted by molar-refractivity contribution is 0.0946. The van der Waals surface area contributed by atoms with Crippen LogP contribution in [-0.4, -0.2) is 55.7 Å². The topological polar surface area (TPSA) is 78.2 Å². The van der Waals surface area contributed by atoms with Gasteiger partial charge < -0.3 is 15.0 Å². The van der Waals surface area contributed by atoms with Crippen LogP contribution in [0.5, 0.6) is 0 Å². The summed E-state index contributed by atoms with van der Waals surface area (Å²) < 4.78 is 5.13. The van der Waals surface area contributed by atoms with Crippen molar-refractivity contribution in [3.63, 3.8) is 0 Å². The van der Waals surface area contributed by atoms with E-state index in [2.05, 4.69) is 21.3 Å². The van der Waals surface area contributed by atoms with Crippen LogP contribution in [0.1, 0.15) is 33.6 Å². The summed E-state index contributed by atoms with van der Waals surface area (Å²) in [6.45, 7) is 8.26. The van der Waals surface area contributed by atoms with Gasteiger partial charge >= 0.3 is 0 Å². The number of benzene rings is 1. The first kappa shape index (κ1) is 21.0. The fourth-order valence-corrected chi connectivity index (χ4v) is 3.81. The van der Waals surface area contributed by atoms with Gasteiger partial charge in [-0.05, 0) is 56.5 Å². The van der Waals surface area contributed by atoms with Crippen LogP contribution in [0, 0.1) is 31.1 Å². The highest BCUT2D eigenvalue weighted by atomic mass is 16.5. The fourth-order valence-electron chi connectivity index (χ4n) is 3.81. The quantitative estimate of drug-likeness (QED) is 0.784. The van der Waals surface area contributed by atoms with Crippen molar-refractivity contribution in [2.24, 2.45) is 5.92 Å². The number of aromatic nitrogens is 1. The molecule has 1 N–H and O–H groups in total. The van der Waals surface area contributed by atoms with Crippen LogP contribution in [0.3, 0.4) is 0 Å². The highest BCUT2D eigenvalue weighted by Crippen LogP contribution is 2.25. The number of aryl methyl sites for hydroxylation is 2. The van der Waals surface area contributed by atoms with Crippen molar-refractivity contribution in [3.05, 3.63) is 52.7 Å². The van der Waals surface area contributed by atoms with Gasteiger partial charge in [0, 0.05) is 43.6 Å². The van der Waals surface area contributed by atoms with Crippen LogP contribution in [0.25, 0.3) is 11.3 Å². The van der Waals surface area contributed by atoms with E-state index in [9.17, 15) is 10.1 Å². The summed E-state index contributed by atoms with van der Waals surface area (Å²) in [6.07, 6.45) is 1.10. The SMILES string of the molecule is COCCN1CCC(CNC(=O)c2ccc(-c3nc(C)cc(C)c3C#N)cc2)C1. The maximum absolute atomic E-state index is 12.5. The Labute approximate surface area is 172 Å². The number of likely N-dealkylation sites (tertiary alicyclic amines) is 1. The fraction of sp³-hybridized carbons (Fsp3) is 0.435. The van der Waals surface area contributed by atoms with Crippen LogP contribution in [0.4, 0.5) is 0 Å². The molecule has 1 saturated heterocycles. The van der Waals surface area contributed by atoms with Gasteiger partial charge in [-0.1, -0.05) is 12.1 Å². The number of ether oxygens (including phenoxy) is 1. The highest BCUT2D eigenvalue weighted by Gasteiger charge is 2.22. The number of carbonyl (C=O) groups is 1. The Balaban J connectivity index is 1.61. The maximum atomic E-state index is 12.5. The minimum Gasteiger partial charge on any atom is -0.383 e. The van der Waals surface area contributed by atoms with E-state index in [1.807, 2.05) is 32.0 Å². The van der Waals surface area contributed by atoms with E-state index in [1.54, 1.807) is 19.2 Å². The van der Waals surface area contributed by atoms with Crippen LogP contribution in [-0.2, 0) is 4.74 Å². The summed E-state index contributed by atoms with van der Waals surface area (Å²) in [5, 5.41) is 12.5. The molecule has 6 heteroatoms. The van der Waals surface area contributed by atoms with Crippen molar-refractivity contribution in [2.75, 3.05) is 39.9 Å². The van der Waals surface area contributed by atoms with Crippen LogP contribution < -0.4 is 5.32 Å². The van der Waals surface area contributed by atoms with Gasteiger partial charge in [0.15, 0.2) is 0 Å². The molecule has 1 unspecified atom stereocenters. The van der Waals surface area contributed by atoms with Crippen molar-refractivity contribution in [3.8, 4) is 17.3 Å². The average molecular weight is 393 g/mol. The summed E-state index contributed by atoms with van der Waals surface area (Å²) >= 11 is 0. The first-order valence-corrected chi connectivity index (χ1v) is 10.00. The number of rotatable bonds is 7. The zero-order valence-corrected chi connectivity index (χ0v) is 17.4. The third-order valence-electron chi connectivity index (χ3n) is 5.41. The molecule has 0 spiro atoms. The molecule has 1 fully saturated rings. The summed E-state index contributed by atoms with van der Waals surface area (Å²) in [6, 6.07) is 11.5. The maximum Gasteiger partial charge on any atom is 0.251 e. The number of amides is 1. The zero-order valence-electron chi connectivity index (χ0n) is 17.4. The molecule has 1 atom stereocenters. The second-order valence-corrected chi connectivity index (χ2v) is 7.65. The number of carbonyl (C=O) groups excluding carboxylic acids is 1. The molecule has 2 heterocycles. The van der Waals surface area contributed by atoms with E-state index in [4.69, 9.17) is 4.74 Å². The van der Waals surface area contributed by atoms with Crippen molar-refractivity contribution < 1.29 is 9.53 Å². The lowest BCUT2D eigenvalue weighted by Crippen LogP contribution is -2.31. The molecule has 6 nitrogen and oxygen atoms in total. The van der Waals surface area contributed by atoms with Gasteiger partial charge in [-0.2, -0.15) is 5.26 Å². The zero-order chi connectivity index (χ0) is 20.8. The Bertz CT molecular complexity index is 902. The van der Waals surface area contributed by atoms with Crippen LogP contribution >= 0.6 is 0 Å². The lowest BCUT2D eigenvalue weighted by Gasteiger charge is -2.15. The van der Waals surface area contributed by atoms with Crippen molar-refractivity contribution in [1.82, 2.24) is 15.2 Å². The van der Waals surface area contributed by atoms with Gasteiger partial charge in [-0.15, -0.1) is 0 Å². The van der Waals surface area contributed by atoms with E-state index in [-0.39, 0.29) is 5.91 Å². The molecule has 1 amide bonds. The van der Waals surface area contributed by atoms with Gasteiger partial charge in [0.1, 0.15) is 6.07 Å². The summed E-state index contributed by atoms with van der Waals surface area (Å²) in [7, 11) is 1.72. The molecule has 0 radical (unpaired) electrons. The molecule has 0 aliphatic carbocycles. The molecule has 1 aromatic heterocycles. The molecule has 29 heavy (non-hydrogen) atoms. The lowest BCUT2D eigenvalue weighted by atomic mass is 10.0. The molecule has 0 saturated carbocycles. The predicted octanol–water partition coefficient (Wildman–Crippen LogP) is 2.94. The summed E-state index contributed by atoms with van der Waals surface area (Å²) in [5.41, 5.74) is 4.48. The van der Waals surface area contributed by atoms with E-state index in [0.29, 0.717) is 29.3 Å². The number of nitrogens with zero attached hydrogens (tertiary/aromatic N) is 3. The number of hydrogen-bond donors (Lipinski definition) is 1.